The third-order valence-electron chi connectivity index (χ3n) is 4.52. The molecule has 5 nitrogen and oxygen atoms in total. The van der Waals surface area contributed by atoms with Gasteiger partial charge in [-0.3, -0.25) is 4.79 Å². The zero-order chi connectivity index (χ0) is 20.0. The van der Waals surface area contributed by atoms with Gasteiger partial charge in [0.1, 0.15) is 11.5 Å². The van der Waals surface area contributed by atoms with E-state index in [2.05, 4.69) is 19.2 Å². The molecule has 0 aliphatic heterocycles. The molecule has 0 saturated carbocycles. The highest BCUT2D eigenvalue weighted by Gasteiger charge is 2.17. The minimum Gasteiger partial charge on any atom is -0.497 e. The quantitative estimate of drug-likeness (QED) is 0.742. The molecule has 0 aliphatic carbocycles. The molecule has 27 heavy (non-hydrogen) atoms. The maximum Gasteiger partial charge on any atom is 0.260 e. The van der Waals surface area contributed by atoms with Gasteiger partial charge in [-0.15, -0.1) is 0 Å². The van der Waals surface area contributed by atoms with Gasteiger partial charge in [-0.2, -0.15) is 0 Å². The van der Waals surface area contributed by atoms with E-state index in [1.165, 1.54) is 5.56 Å². The highest BCUT2D eigenvalue weighted by atomic mass is 16.5. The Morgan fingerprint density at radius 1 is 1.07 bits per heavy atom. The van der Waals surface area contributed by atoms with Gasteiger partial charge in [-0.05, 0) is 60.7 Å². The number of benzene rings is 2. The van der Waals surface area contributed by atoms with Gasteiger partial charge in [0, 0.05) is 6.54 Å². The topological polar surface area (TPSA) is 67.8 Å². The van der Waals surface area contributed by atoms with Crippen LogP contribution in [0.1, 0.15) is 49.5 Å². The lowest BCUT2D eigenvalue weighted by Crippen LogP contribution is -2.38. The molecule has 0 heterocycles. The number of nitrogens with one attached hydrogen (secondary N) is 1. The van der Waals surface area contributed by atoms with Crippen LogP contribution in [0, 0.1) is 6.92 Å². The highest BCUT2D eigenvalue weighted by Crippen LogP contribution is 2.24. The summed E-state index contributed by atoms with van der Waals surface area (Å²) in [6.07, 6.45) is -1.45. The molecule has 2 unspecified atom stereocenters. The number of methoxy groups -OCH3 is 1. The third kappa shape index (κ3) is 5.73. The van der Waals surface area contributed by atoms with Crippen molar-refractivity contribution >= 4 is 5.91 Å². The van der Waals surface area contributed by atoms with Gasteiger partial charge >= 0.3 is 0 Å². The van der Waals surface area contributed by atoms with Crippen LogP contribution in [-0.4, -0.2) is 30.8 Å². The number of ether oxygens (including phenoxy) is 2. The summed E-state index contributed by atoms with van der Waals surface area (Å²) in [6, 6.07) is 13.0. The predicted octanol–water partition coefficient (Wildman–Crippen LogP) is 3.74. The second-order valence-corrected chi connectivity index (χ2v) is 6.97. The monoisotopic (exact) mass is 371 g/mol. The van der Waals surface area contributed by atoms with Crippen LogP contribution in [0.25, 0.3) is 0 Å². The third-order valence-corrected chi connectivity index (χ3v) is 4.52. The van der Waals surface area contributed by atoms with E-state index in [0.717, 1.165) is 11.3 Å². The number of hydrogen-bond acceptors (Lipinski definition) is 4. The first-order chi connectivity index (χ1) is 12.8. The van der Waals surface area contributed by atoms with Crippen molar-refractivity contribution in [1.82, 2.24) is 5.32 Å². The number of aliphatic hydroxyl groups excluding tert-OH is 1. The smallest absolute Gasteiger partial charge is 0.260 e. The Balaban J connectivity index is 1.88. The van der Waals surface area contributed by atoms with Crippen LogP contribution in [0.4, 0.5) is 0 Å². The lowest BCUT2D eigenvalue weighted by atomic mass is 9.98. The van der Waals surface area contributed by atoms with Crippen LogP contribution in [0.2, 0.25) is 0 Å². The Hall–Kier alpha value is -2.53. The molecule has 146 valence electrons. The fourth-order valence-corrected chi connectivity index (χ4v) is 2.91. The van der Waals surface area contributed by atoms with E-state index < -0.39 is 12.2 Å². The standard InChI is InChI=1S/C22H29NO4/c1-14(2)20-11-10-19(12-15(20)3)27-16(4)22(25)23-13-21(24)17-6-8-18(26-5)9-7-17/h6-12,14,16,21,24H,13H2,1-5H3,(H,23,25). The Labute approximate surface area is 161 Å². The fourth-order valence-electron chi connectivity index (χ4n) is 2.91. The van der Waals surface area contributed by atoms with Crippen molar-refractivity contribution in [1.29, 1.82) is 0 Å². The fraction of sp³-hybridized carbons (Fsp3) is 0.409. The predicted molar refractivity (Wildman–Crippen MR) is 106 cm³/mol. The maximum absolute atomic E-state index is 12.3. The van der Waals surface area contributed by atoms with Gasteiger partial charge in [0.2, 0.25) is 0 Å². The van der Waals surface area contributed by atoms with Crippen LogP contribution in [0.3, 0.4) is 0 Å². The van der Waals surface area contributed by atoms with E-state index in [1.54, 1.807) is 38.3 Å². The summed E-state index contributed by atoms with van der Waals surface area (Å²) in [5.41, 5.74) is 3.12. The van der Waals surface area contributed by atoms with Crippen molar-refractivity contribution in [2.75, 3.05) is 13.7 Å². The summed E-state index contributed by atoms with van der Waals surface area (Å²) in [5.74, 6) is 1.55. The van der Waals surface area contributed by atoms with E-state index in [-0.39, 0.29) is 12.5 Å². The van der Waals surface area contributed by atoms with Crippen LogP contribution in [0.5, 0.6) is 11.5 Å². The summed E-state index contributed by atoms with van der Waals surface area (Å²) in [5, 5.41) is 13.0. The number of carbonyl (C=O) groups excluding carboxylic acids is 1. The first kappa shape index (κ1) is 20.8. The second kappa shape index (κ2) is 9.42. The first-order valence-electron chi connectivity index (χ1n) is 9.18. The minimum atomic E-state index is -0.792. The van der Waals surface area contributed by atoms with E-state index in [9.17, 15) is 9.90 Å². The van der Waals surface area contributed by atoms with Gasteiger partial charge in [-0.1, -0.05) is 32.0 Å². The Morgan fingerprint density at radius 3 is 2.26 bits per heavy atom. The Morgan fingerprint density at radius 2 is 1.70 bits per heavy atom. The second-order valence-electron chi connectivity index (χ2n) is 6.97. The van der Waals surface area contributed by atoms with Crippen LogP contribution < -0.4 is 14.8 Å². The van der Waals surface area contributed by atoms with Crippen molar-refractivity contribution in [3.8, 4) is 11.5 Å². The largest absolute Gasteiger partial charge is 0.497 e. The minimum absolute atomic E-state index is 0.115. The molecule has 0 bridgehead atoms. The molecular formula is C22H29NO4. The number of aryl methyl sites for hydroxylation is 1. The lowest BCUT2D eigenvalue weighted by molar-refractivity contribution is -0.127. The molecule has 2 aromatic rings. The number of rotatable bonds is 8. The molecule has 0 fully saturated rings. The normalized spacial score (nSPS) is 13.1. The molecule has 2 N–H and O–H groups in total. The number of amides is 1. The molecule has 1 amide bonds. The van der Waals surface area contributed by atoms with Gasteiger partial charge in [0.05, 0.1) is 13.2 Å². The molecule has 2 atom stereocenters. The molecule has 0 radical (unpaired) electrons. The van der Waals surface area contributed by atoms with Gasteiger partial charge in [-0.25, -0.2) is 0 Å². The zero-order valence-corrected chi connectivity index (χ0v) is 16.7. The summed E-state index contributed by atoms with van der Waals surface area (Å²) >= 11 is 0. The maximum atomic E-state index is 12.3. The molecule has 5 heteroatoms. The van der Waals surface area contributed by atoms with Crippen molar-refractivity contribution in [3.05, 3.63) is 59.2 Å². The van der Waals surface area contributed by atoms with Crippen molar-refractivity contribution in [3.63, 3.8) is 0 Å². The number of aliphatic hydroxyl groups is 1. The van der Waals surface area contributed by atoms with Crippen LogP contribution >= 0.6 is 0 Å². The van der Waals surface area contributed by atoms with Crippen LogP contribution in [-0.2, 0) is 4.79 Å². The van der Waals surface area contributed by atoms with E-state index in [4.69, 9.17) is 9.47 Å². The molecule has 0 spiro atoms. The summed E-state index contributed by atoms with van der Waals surface area (Å²) in [4.78, 5) is 12.3. The summed E-state index contributed by atoms with van der Waals surface area (Å²) in [6.45, 7) is 8.14. The summed E-state index contributed by atoms with van der Waals surface area (Å²) in [7, 11) is 1.59. The van der Waals surface area contributed by atoms with Crippen molar-refractivity contribution in [2.24, 2.45) is 0 Å². The van der Waals surface area contributed by atoms with Gasteiger partial charge < -0.3 is 19.9 Å². The van der Waals surface area contributed by atoms with Crippen LogP contribution in [0.15, 0.2) is 42.5 Å². The molecule has 0 aliphatic rings. The average Bonchev–Trinajstić information content (AvgIpc) is 2.65. The first-order valence-corrected chi connectivity index (χ1v) is 9.18. The number of hydrogen-bond donors (Lipinski definition) is 2. The van der Waals surface area contributed by atoms with Crippen molar-refractivity contribution < 1.29 is 19.4 Å². The number of carbonyl (C=O) groups is 1. The molecule has 2 aromatic carbocycles. The van der Waals surface area contributed by atoms with Gasteiger partial charge in [0.15, 0.2) is 6.10 Å². The van der Waals surface area contributed by atoms with E-state index in [0.29, 0.717) is 17.2 Å². The summed E-state index contributed by atoms with van der Waals surface area (Å²) < 4.78 is 10.8. The molecule has 2 rings (SSSR count). The lowest BCUT2D eigenvalue weighted by Gasteiger charge is -2.18. The zero-order valence-electron chi connectivity index (χ0n) is 16.7. The molecular weight excluding hydrogens is 342 g/mol. The SMILES string of the molecule is COc1ccc(C(O)CNC(=O)C(C)Oc2ccc(C(C)C)c(C)c2)cc1. The Kier molecular flexibility index (Phi) is 7.25. The highest BCUT2D eigenvalue weighted by molar-refractivity contribution is 5.80. The average molecular weight is 371 g/mol. The Bertz CT molecular complexity index is 755. The molecule has 0 aromatic heterocycles. The van der Waals surface area contributed by atoms with E-state index >= 15 is 0 Å². The van der Waals surface area contributed by atoms with Gasteiger partial charge in [0.25, 0.3) is 5.91 Å². The molecule has 0 saturated heterocycles. The van der Waals surface area contributed by atoms with Crippen molar-refractivity contribution in [2.45, 2.75) is 45.8 Å². The van der Waals surface area contributed by atoms with E-state index in [1.807, 2.05) is 25.1 Å².